The van der Waals surface area contributed by atoms with Gasteiger partial charge in [0.15, 0.2) is 10.9 Å². The van der Waals surface area contributed by atoms with Gasteiger partial charge in [-0.05, 0) is 49.4 Å². The minimum absolute atomic E-state index is 0.157. The first kappa shape index (κ1) is 21.2. The lowest BCUT2D eigenvalue weighted by Gasteiger charge is -2.08. The van der Waals surface area contributed by atoms with Crippen LogP contribution in [0.3, 0.4) is 0 Å². The van der Waals surface area contributed by atoms with E-state index in [4.69, 9.17) is 27.6 Å². The Balaban J connectivity index is 1.49. The van der Waals surface area contributed by atoms with Crippen molar-refractivity contribution in [3.63, 3.8) is 0 Å². The number of thioether (sulfide) groups is 1. The van der Waals surface area contributed by atoms with E-state index in [9.17, 15) is 4.79 Å². The maximum Gasteiger partial charge on any atom is 0.234 e. The number of fused-ring (bicyclic) bond motifs is 1. The van der Waals surface area contributed by atoms with E-state index in [-0.39, 0.29) is 11.7 Å². The molecular weight excluding hydrogens is 511 g/mol. The summed E-state index contributed by atoms with van der Waals surface area (Å²) in [4.78, 5) is 12.3. The smallest absolute Gasteiger partial charge is 0.234 e. The van der Waals surface area contributed by atoms with E-state index in [1.165, 1.54) is 11.8 Å². The molecule has 0 fully saturated rings. The largest absolute Gasteiger partial charge is 0.453 e. The second-order valence-electron chi connectivity index (χ2n) is 6.30. The molecule has 0 aliphatic rings. The van der Waals surface area contributed by atoms with Crippen molar-refractivity contribution < 1.29 is 9.21 Å². The lowest BCUT2D eigenvalue weighted by Crippen LogP contribution is -2.15. The number of halogens is 3. The minimum atomic E-state index is -0.204. The summed E-state index contributed by atoms with van der Waals surface area (Å²) in [7, 11) is 0. The molecule has 0 atom stereocenters. The van der Waals surface area contributed by atoms with Gasteiger partial charge in [-0.3, -0.25) is 9.36 Å². The van der Waals surface area contributed by atoms with Crippen LogP contribution >= 0.6 is 50.9 Å². The molecule has 0 saturated carbocycles. The van der Waals surface area contributed by atoms with Crippen LogP contribution < -0.4 is 5.32 Å². The lowest BCUT2D eigenvalue weighted by molar-refractivity contribution is -0.113. The molecule has 2 heterocycles. The van der Waals surface area contributed by atoms with Gasteiger partial charge in [-0.1, -0.05) is 50.9 Å². The number of benzene rings is 2. The zero-order chi connectivity index (χ0) is 21.3. The number of aromatic nitrogens is 3. The number of carbonyl (C=O) groups is 1. The molecule has 0 saturated heterocycles. The second kappa shape index (κ2) is 9.01. The molecule has 0 unspecified atom stereocenters. The van der Waals surface area contributed by atoms with E-state index < -0.39 is 0 Å². The number of anilines is 1. The second-order valence-corrected chi connectivity index (χ2v) is 9.01. The Morgan fingerprint density at radius 1 is 1.20 bits per heavy atom. The number of nitrogens with one attached hydrogen (secondary N) is 1. The highest BCUT2D eigenvalue weighted by molar-refractivity contribution is 9.10. The van der Waals surface area contributed by atoms with Crippen molar-refractivity contribution in [3.05, 3.63) is 57.0 Å². The van der Waals surface area contributed by atoms with Crippen LogP contribution in [0.2, 0.25) is 10.0 Å². The van der Waals surface area contributed by atoms with E-state index in [0.717, 1.165) is 15.4 Å². The van der Waals surface area contributed by atoms with Gasteiger partial charge in [-0.25, -0.2) is 0 Å². The third kappa shape index (κ3) is 4.51. The van der Waals surface area contributed by atoms with Crippen LogP contribution in [-0.4, -0.2) is 26.4 Å². The van der Waals surface area contributed by atoms with Gasteiger partial charge in [0.25, 0.3) is 0 Å². The van der Waals surface area contributed by atoms with Gasteiger partial charge >= 0.3 is 0 Å². The predicted molar refractivity (Wildman–Crippen MR) is 124 cm³/mol. The van der Waals surface area contributed by atoms with Gasteiger partial charge in [0.1, 0.15) is 5.58 Å². The highest BCUT2D eigenvalue weighted by Crippen LogP contribution is 2.31. The fourth-order valence-electron chi connectivity index (χ4n) is 2.89. The summed E-state index contributed by atoms with van der Waals surface area (Å²) in [6.45, 7) is 2.62. The molecule has 6 nitrogen and oxygen atoms in total. The molecule has 0 bridgehead atoms. The molecule has 4 aromatic rings. The molecule has 0 aliphatic heterocycles. The number of nitrogens with zero attached hydrogens (tertiary/aromatic N) is 3. The Labute approximate surface area is 195 Å². The van der Waals surface area contributed by atoms with Gasteiger partial charge in [-0.15, -0.1) is 10.2 Å². The third-order valence-corrected chi connectivity index (χ3v) is 6.28. The average molecular weight is 526 g/mol. The number of rotatable bonds is 6. The standard InChI is InChI=1S/C20H15BrCl2N4O2S/c1-2-27-19(17-8-11-7-12(21)3-6-16(11)29-17)25-26-20(27)30-10-18(28)24-15-5-4-13(22)9-14(15)23/h3-9H,2,10H2,1H3,(H,24,28). The summed E-state index contributed by atoms with van der Waals surface area (Å²) in [5.74, 6) is 1.20. The van der Waals surface area contributed by atoms with Crippen LogP contribution in [-0.2, 0) is 11.3 Å². The van der Waals surface area contributed by atoms with E-state index >= 15 is 0 Å². The zero-order valence-corrected chi connectivity index (χ0v) is 19.6. The molecule has 1 amide bonds. The first-order valence-electron chi connectivity index (χ1n) is 8.95. The number of amides is 1. The summed E-state index contributed by atoms with van der Waals surface area (Å²) < 4.78 is 8.83. The van der Waals surface area contributed by atoms with E-state index in [0.29, 0.717) is 39.0 Å². The van der Waals surface area contributed by atoms with Crippen molar-refractivity contribution in [1.29, 1.82) is 0 Å². The summed E-state index contributed by atoms with van der Waals surface area (Å²) in [6, 6.07) is 12.7. The fourth-order valence-corrected chi connectivity index (χ4v) is 4.53. The maximum absolute atomic E-state index is 12.3. The van der Waals surface area contributed by atoms with Crippen molar-refractivity contribution >= 4 is 73.5 Å². The maximum atomic E-state index is 12.3. The van der Waals surface area contributed by atoms with Crippen LogP contribution in [0.4, 0.5) is 5.69 Å². The Morgan fingerprint density at radius 3 is 2.80 bits per heavy atom. The number of hydrogen-bond donors (Lipinski definition) is 1. The van der Waals surface area contributed by atoms with Gasteiger partial charge in [0, 0.05) is 21.4 Å². The molecule has 0 aliphatic carbocycles. The molecule has 2 aromatic heterocycles. The van der Waals surface area contributed by atoms with Crippen molar-refractivity contribution in [1.82, 2.24) is 14.8 Å². The molecule has 0 spiro atoms. The lowest BCUT2D eigenvalue weighted by atomic mass is 10.2. The molecule has 10 heteroatoms. The topological polar surface area (TPSA) is 73.0 Å². The highest BCUT2D eigenvalue weighted by Gasteiger charge is 2.18. The van der Waals surface area contributed by atoms with E-state index in [2.05, 4.69) is 31.4 Å². The summed E-state index contributed by atoms with van der Waals surface area (Å²) >= 11 is 16.7. The number of furan rings is 1. The SMILES string of the molecule is CCn1c(SCC(=O)Nc2ccc(Cl)cc2Cl)nnc1-c1cc2cc(Br)ccc2o1. The molecule has 0 radical (unpaired) electrons. The van der Waals surface area contributed by atoms with Crippen LogP contribution in [0.5, 0.6) is 0 Å². The van der Waals surface area contributed by atoms with Crippen LogP contribution in [0, 0.1) is 0 Å². The normalized spacial score (nSPS) is 11.2. The van der Waals surface area contributed by atoms with Crippen LogP contribution in [0.25, 0.3) is 22.6 Å². The number of carbonyl (C=O) groups excluding carboxylic acids is 1. The van der Waals surface area contributed by atoms with Crippen molar-refractivity contribution in [2.24, 2.45) is 0 Å². The summed E-state index contributed by atoms with van der Waals surface area (Å²) in [6.07, 6.45) is 0. The van der Waals surface area contributed by atoms with Crippen molar-refractivity contribution in [2.75, 3.05) is 11.1 Å². The average Bonchev–Trinajstić information content (AvgIpc) is 3.31. The first-order chi connectivity index (χ1) is 14.4. The number of hydrogen-bond acceptors (Lipinski definition) is 5. The summed E-state index contributed by atoms with van der Waals surface area (Å²) in [5, 5.41) is 13.8. The highest BCUT2D eigenvalue weighted by atomic mass is 79.9. The predicted octanol–water partition coefficient (Wildman–Crippen LogP) is 6.51. The van der Waals surface area contributed by atoms with Crippen molar-refractivity contribution in [2.45, 2.75) is 18.6 Å². The fraction of sp³-hybridized carbons (Fsp3) is 0.150. The molecule has 2 aromatic carbocycles. The quantitative estimate of drug-likeness (QED) is 0.290. The van der Waals surface area contributed by atoms with Gasteiger partial charge in [-0.2, -0.15) is 0 Å². The van der Waals surface area contributed by atoms with Gasteiger partial charge < -0.3 is 9.73 Å². The third-order valence-electron chi connectivity index (χ3n) is 4.27. The van der Waals surface area contributed by atoms with Gasteiger partial charge in [0.2, 0.25) is 11.7 Å². The Bertz CT molecular complexity index is 1240. The Morgan fingerprint density at radius 2 is 2.03 bits per heavy atom. The van der Waals surface area contributed by atoms with Gasteiger partial charge in [0.05, 0.1) is 16.5 Å². The first-order valence-corrected chi connectivity index (χ1v) is 11.5. The van der Waals surface area contributed by atoms with Crippen molar-refractivity contribution in [3.8, 4) is 11.6 Å². The zero-order valence-electron chi connectivity index (χ0n) is 15.7. The Hall–Kier alpha value is -2.00. The molecule has 1 N–H and O–H groups in total. The van der Waals surface area contributed by atoms with Crippen LogP contribution in [0.1, 0.15) is 6.92 Å². The monoisotopic (exact) mass is 524 g/mol. The molecule has 154 valence electrons. The minimum Gasteiger partial charge on any atom is -0.453 e. The van der Waals surface area contributed by atoms with E-state index in [1.54, 1.807) is 18.2 Å². The molecular formula is C20H15BrCl2N4O2S. The molecule has 30 heavy (non-hydrogen) atoms. The molecule has 4 rings (SSSR count). The Kier molecular flexibility index (Phi) is 6.38. The van der Waals surface area contributed by atoms with Crippen LogP contribution in [0.15, 0.2) is 56.5 Å². The summed E-state index contributed by atoms with van der Waals surface area (Å²) in [5.41, 5.74) is 1.28. The van der Waals surface area contributed by atoms with E-state index in [1.807, 2.05) is 35.8 Å².